The molecule has 0 saturated heterocycles. The Morgan fingerprint density at radius 2 is 1.81 bits per heavy atom. The molecule has 0 atom stereocenters. The molecule has 0 unspecified atom stereocenters. The molecular weight excluding hydrogens is 264 g/mol. The molecule has 0 aromatic heterocycles. The van der Waals surface area contributed by atoms with E-state index in [2.05, 4.69) is 24.0 Å². The van der Waals surface area contributed by atoms with Gasteiger partial charge in [0.1, 0.15) is 0 Å². The molecule has 0 aliphatic rings. The Balaban J connectivity index is 2.19. The highest BCUT2D eigenvalue weighted by Gasteiger charge is 2.15. The Bertz CT molecular complexity index is 611. The number of benzene rings is 2. The van der Waals surface area contributed by atoms with Gasteiger partial charge in [0.15, 0.2) is 0 Å². The van der Waals surface area contributed by atoms with E-state index >= 15 is 0 Å². The molecule has 0 heterocycles. The van der Waals surface area contributed by atoms with Gasteiger partial charge in [-0.2, -0.15) is 0 Å². The number of nitrogens with zero attached hydrogens (tertiary/aromatic N) is 1. The van der Waals surface area contributed by atoms with Crippen molar-refractivity contribution in [2.45, 2.75) is 20.0 Å². The van der Waals surface area contributed by atoms with E-state index in [4.69, 9.17) is 5.73 Å². The third kappa shape index (κ3) is 3.83. The fourth-order valence-electron chi connectivity index (χ4n) is 2.37. The second-order valence-electron chi connectivity index (χ2n) is 4.98. The summed E-state index contributed by atoms with van der Waals surface area (Å²) in [6.07, 6.45) is 0. The summed E-state index contributed by atoms with van der Waals surface area (Å²) >= 11 is 0. The van der Waals surface area contributed by atoms with Crippen LogP contribution >= 0.6 is 0 Å². The van der Waals surface area contributed by atoms with Crippen molar-refractivity contribution in [2.24, 2.45) is 0 Å². The summed E-state index contributed by atoms with van der Waals surface area (Å²) in [5, 5.41) is 9.32. The smallest absolute Gasteiger partial charge is 0.338 e. The number of aromatic carboxylic acids is 1. The van der Waals surface area contributed by atoms with Gasteiger partial charge in [0.2, 0.25) is 0 Å². The minimum absolute atomic E-state index is 0.212. The van der Waals surface area contributed by atoms with Crippen molar-refractivity contribution in [1.29, 1.82) is 0 Å². The van der Waals surface area contributed by atoms with Crippen LogP contribution in [-0.2, 0) is 13.1 Å². The number of nitrogen functional groups attached to an aromatic ring is 1. The number of rotatable bonds is 6. The standard InChI is InChI=1S/C17H20N2O2/c1-2-19(11-13-7-4-3-5-8-13)12-14-9-6-10-15(18)16(14)17(20)21/h3-10H,2,11-12,18H2,1H3,(H,20,21). The molecule has 0 aliphatic heterocycles. The molecule has 0 bridgehead atoms. The van der Waals surface area contributed by atoms with E-state index in [-0.39, 0.29) is 5.56 Å². The van der Waals surface area contributed by atoms with Gasteiger partial charge in [-0.1, -0.05) is 49.4 Å². The van der Waals surface area contributed by atoms with E-state index in [0.29, 0.717) is 12.2 Å². The lowest BCUT2D eigenvalue weighted by atomic mass is 10.0. The highest BCUT2D eigenvalue weighted by molar-refractivity contribution is 5.95. The molecule has 4 heteroatoms. The Kier molecular flexibility index (Phi) is 4.95. The Morgan fingerprint density at radius 1 is 1.10 bits per heavy atom. The Hall–Kier alpha value is -2.33. The van der Waals surface area contributed by atoms with Crippen LogP contribution < -0.4 is 5.73 Å². The van der Waals surface area contributed by atoms with Gasteiger partial charge in [-0.25, -0.2) is 4.79 Å². The minimum atomic E-state index is -0.973. The third-order valence-corrected chi connectivity index (χ3v) is 3.49. The van der Waals surface area contributed by atoms with Crippen LogP contribution in [0.3, 0.4) is 0 Å². The minimum Gasteiger partial charge on any atom is -0.478 e. The number of anilines is 1. The normalized spacial score (nSPS) is 10.8. The predicted molar refractivity (Wildman–Crippen MR) is 84.0 cm³/mol. The summed E-state index contributed by atoms with van der Waals surface area (Å²) in [6.45, 7) is 4.25. The van der Waals surface area contributed by atoms with Crippen LogP contribution in [0.2, 0.25) is 0 Å². The summed E-state index contributed by atoms with van der Waals surface area (Å²) in [6, 6.07) is 15.4. The van der Waals surface area contributed by atoms with Crippen molar-refractivity contribution < 1.29 is 9.90 Å². The second-order valence-corrected chi connectivity index (χ2v) is 4.98. The summed E-state index contributed by atoms with van der Waals surface area (Å²) < 4.78 is 0. The predicted octanol–water partition coefficient (Wildman–Crippen LogP) is 2.99. The number of carbonyl (C=O) groups is 1. The number of hydrogen-bond acceptors (Lipinski definition) is 3. The van der Waals surface area contributed by atoms with Crippen LogP contribution in [0.25, 0.3) is 0 Å². The number of nitrogens with two attached hydrogens (primary N) is 1. The summed E-state index contributed by atoms with van der Waals surface area (Å²) in [4.78, 5) is 13.6. The van der Waals surface area contributed by atoms with Gasteiger partial charge >= 0.3 is 5.97 Å². The molecule has 0 radical (unpaired) electrons. The highest BCUT2D eigenvalue weighted by Crippen LogP contribution is 2.19. The van der Waals surface area contributed by atoms with Crippen molar-refractivity contribution in [2.75, 3.05) is 12.3 Å². The third-order valence-electron chi connectivity index (χ3n) is 3.49. The van der Waals surface area contributed by atoms with Gasteiger partial charge in [0.05, 0.1) is 5.56 Å². The zero-order valence-corrected chi connectivity index (χ0v) is 12.1. The van der Waals surface area contributed by atoms with Crippen LogP contribution in [0, 0.1) is 0 Å². The fourth-order valence-corrected chi connectivity index (χ4v) is 2.37. The first-order chi connectivity index (χ1) is 10.1. The van der Waals surface area contributed by atoms with Gasteiger partial charge in [-0.15, -0.1) is 0 Å². The van der Waals surface area contributed by atoms with Gasteiger partial charge in [0, 0.05) is 18.8 Å². The highest BCUT2D eigenvalue weighted by atomic mass is 16.4. The van der Waals surface area contributed by atoms with E-state index in [1.54, 1.807) is 12.1 Å². The largest absolute Gasteiger partial charge is 0.478 e. The van der Waals surface area contributed by atoms with Crippen LogP contribution in [0.4, 0.5) is 5.69 Å². The van der Waals surface area contributed by atoms with Crippen molar-refractivity contribution in [3.8, 4) is 0 Å². The maximum atomic E-state index is 11.4. The number of carboxylic acids is 1. The molecule has 0 amide bonds. The SMILES string of the molecule is CCN(Cc1ccccc1)Cc1cccc(N)c1C(=O)O. The van der Waals surface area contributed by atoms with Crippen LogP contribution in [0.1, 0.15) is 28.4 Å². The van der Waals surface area contributed by atoms with E-state index in [9.17, 15) is 9.90 Å². The Morgan fingerprint density at radius 3 is 2.43 bits per heavy atom. The summed E-state index contributed by atoms with van der Waals surface area (Å²) in [7, 11) is 0. The van der Waals surface area contributed by atoms with Gasteiger partial charge in [-0.05, 0) is 23.7 Å². The van der Waals surface area contributed by atoms with Crippen LogP contribution in [0.15, 0.2) is 48.5 Å². The van der Waals surface area contributed by atoms with Crippen molar-refractivity contribution in [1.82, 2.24) is 4.90 Å². The first-order valence-electron chi connectivity index (χ1n) is 6.98. The van der Waals surface area contributed by atoms with Gasteiger partial charge < -0.3 is 10.8 Å². The Labute approximate surface area is 124 Å². The molecule has 0 spiro atoms. The van der Waals surface area contributed by atoms with Crippen molar-refractivity contribution in [3.63, 3.8) is 0 Å². The summed E-state index contributed by atoms with van der Waals surface area (Å²) in [5.41, 5.74) is 8.28. The van der Waals surface area contributed by atoms with Crippen LogP contribution in [0.5, 0.6) is 0 Å². The molecule has 0 saturated carbocycles. The van der Waals surface area contributed by atoms with E-state index in [0.717, 1.165) is 18.7 Å². The zero-order chi connectivity index (χ0) is 15.2. The summed E-state index contributed by atoms with van der Waals surface area (Å²) in [5.74, 6) is -0.973. The molecule has 4 nitrogen and oxygen atoms in total. The number of carboxylic acid groups (broad SMARTS) is 1. The maximum Gasteiger partial charge on any atom is 0.338 e. The molecule has 21 heavy (non-hydrogen) atoms. The average molecular weight is 284 g/mol. The van der Waals surface area contributed by atoms with Crippen molar-refractivity contribution >= 4 is 11.7 Å². The maximum absolute atomic E-state index is 11.4. The number of hydrogen-bond donors (Lipinski definition) is 2. The van der Waals surface area contributed by atoms with E-state index in [1.807, 2.05) is 24.3 Å². The monoisotopic (exact) mass is 284 g/mol. The molecule has 2 aromatic rings. The average Bonchev–Trinajstić information content (AvgIpc) is 2.47. The van der Waals surface area contributed by atoms with E-state index in [1.165, 1.54) is 5.56 Å². The lowest BCUT2D eigenvalue weighted by Gasteiger charge is -2.22. The molecule has 0 aliphatic carbocycles. The molecule has 110 valence electrons. The van der Waals surface area contributed by atoms with Crippen LogP contribution in [-0.4, -0.2) is 22.5 Å². The quantitative estimate of drug-likeness (QED) is 0.800. The molecular formula is C17H20N2O2. The molecule has 0 fully saturated rings. The van der Waals surface area contributed by atoms with Gasteiger partial charge in [0.25, 0.3) is 0 Å². The molecule has 2 aromatic carbocycles. The fraction of sp³-hybridized carbons (Fsp3) is 0.235. The van der Waals surface area contributed by atoms with Crippen molar-refractivity contribution in [3.05, 3.63) is 65.2 Å². The zero-order valence-electron chi connectivity index (χ0n) is 12.1. The van der Waals surface area contributed by atoms with Gasteiger partial charge in [-0.3, -0.25) is 4.90 Å². The molecule has 3 N–H and O–H groups in total. The second kappa shape index (κ2) is 6.90. The first kappa shape index (κ1) is 15.1. The lowest BCUT2D eigenvalue weighted by Crippen LogP contribution is -2.24. The first-order valence-corrected chi connectivity index (χ1v) is 6.98. The molecule has 2 rings (SSSR count). The topological polar surface area (TPSA) is 66.6 Å². The van der Waals surface area contributed by atoms with E-state index < -0.39 is 5.97 Å². The lowest BCUT2D eigenvalue weighted by molar-refractivity contribution is 0.0695.